The van der Waals surface area contributed by atoms with Gasteiger partial charge in [0.15, 0.2) is 0 Å². The molecule has 1 unspecified atom stereocenters. The molecule has 2 aliphatic carbocycles. The molecule has 0 aromatic rings. The van der Waals surface area contributed by atoms with Gasteiger partial charge in [-0.2, -0.15) is 0 Å². The molecule has 0 radical (unpaired) electrons. The van der Waals surface area contributed by atoms with Crippen LogP contribution in [-0.2, 0) is 0 Å². The summed E-state index contributed by atoms with van der Waals surface area (Å²) in [4.78, 5) is 0. The van der Waals surface area contributed by atoms with Gasteiger partial charge in [0.2, 0.25) is 0 Å². The minimum absolute atomic E-state index is 0.544. The summed E-state index contributed by atoms with van der Waals surface area (Å²) in [5.74, 6) is 0. The van der Waals surface area contributed by atoms with E-state index in [1.807, 2.05) is 0 Å². The third-order valence-corrected chi connectivity index (χ3v) is 4.72. The summed E-state index contributed by atoms with van der Waals surface area (Å²) in [6, 6.07) is 0.784. The summed E-state index contributed by atoms with van der Waals surface area (Å²) >= 11 is 0. The van der Waals surface area contributed by atoms with E-state index in [2.05, 4.69) is 26.1 Å². The van der Waals surface area contributed by atoms with E-state index in [4.69, 9.17) is 0 Å². The normalized spacial score (nSPS) is 31.8. The third kappa shape index (κ3) is 2.55. The van der Waals surface area contributed by atoms with Crippen LogP contribution in [-0.4, -0.2) is 12.6 Å². The van der Waals surface area contributed by atoms with Crippen molar-refractivity contribution in [2.24, 2.45) is 10.8 Å². The van der Waals surface area contributed by atoms with Crippen molar-refractivity contribution in [3.63, 3.8) is 0 Å². The summed E-state index contributed by atoms with van der Waals surface area (Å²) in [5.41, 5.74) is 1.26. The Morgan fingerprint density at radius 2 is 1.93 bits per heavy atom. The van der Waals surface area contributed by atoms with Crippen LogP contribution in [0, 0.1) is 10.8 Å². The first-order chi connectivity index (χ1) is 7.08. The van der Waals surface area contributed by atoms with Crippen molar-refractivity contribution in [1.82, 2.24) is 5.32 Å². The number of hydrogen-bond donors (Lipinski definition) is 1. The predicted octanol–water partition coefficient (Wildman–Crippen LogP) is 3.74. The van der Waals surface area contributed by atoms with Crippen LogP contribution in [0.4, 0.5) is 0 Å². The zero-order valence-corrected chi connectivity index (χ0v) is 10.7. The standard InChI is InChI=1S/C14H27N/c1-4-7-14(9-10-14)11-15-12-6-5-8-13(12,2)3/h12,15H,4-11H2,1-3H3. The molecule has 0 bridgehead atoms. The van der Waals surface area contributed by atoms with Gasteiger partial charge in [-0.15, -0.1) is 0 Å². The Morgan fingerprint density at radius 1 is 1.20 bits per heavy atom. The van der Waals surface area contributed by atoms with E-state index in [0.29, 0.717) is 10.8 Å². The average molecular weight is 209 g/mol. The molecule has 0 spiro atoms. The summed E-state index contributed by atoms with van der Waals surface area (Å²) < 4.78 is 0. The second-order valence-electron chi connectivity index (χ2n) is 6.56. The van der Waals surface area contributed by atoms with Crippen LogP contribution in [0.25, 0.3) is 0 Å². The van der Waals surface area contributed by atoms with Crippen molar-refractivity contribution in [3.8, 4) is 0 Å². The van der Waals surface area contributed by atoms with Crippen molar-refractivity contribution in [1.29, 1.82) is 0 Å². The molecule has 88 valence electrons. The van der Waals surface area contributed by atoms with Crippen LogP contribution in [0.1, 0.15) is 65.7 Å². The lowest BCUT2D eigenvalue weighted by atomic mass is 9.87. The molecule has 1 heteroatoms. The molecule has 1 nitrogen and oxygen atoms in total. The highest BCUT2D eigenvalue weighted by Gasteiger charge is 2.43. The molecule has 2 fully saturated rings. The van der Waals surface area contributed by atoms with Gasteiger partial charge in [0, 0.05) is 12.6 Å². The summed E-state index contributed by atoms with van der Waals surface area (Å²) in [5, 5.41) is 3.86. The maximum absolute atomic E-state index is 3.86. The average Bonchev–Trinajstić information content (AvgIpc) is 2.84. The lowest BCUT2D eigenvalue weighted by molar-refractivity contribution is 0.262. The largest absolute Gasteiger partial charge is 0.313 e. The zero-order chi connectivity index (χ0) is 10.9. The second kappa shape index (κ2) is 4.08. The highest BCUT2D eigenvalue weighted by molar-refractivity contribution is 4.97. The Labute approximate surface area is 95.0 Å². The third-order valence-electron chi connectivity index (χ3n) is 4.72. The van der Waals surface area contributed by atoms with E-state index in [-0.39, 0.29) is 0 Å². The van der Waals surface area contributed by atoms with E-state index in [1.165, 1.54) is 51.5 Å². The first kappa shape index (κ1) is 11.4. The van der Waals surface area contributed by atoms with Gasteiger partial charge in [-0.05, 0) is 42.9 Å². The van der Waals surface area contributed by atoms with E-state index in [0.717, 1.165) is 6.04 Å². The molecule has 1 atom stereocenters. The fraction of sp³-hybridized carbons (Fsp3) is 1.00. The Bertz CT molecular complexity index is 215. The van der Waals surface area contributed by atoms with Crippen LogP contribution in [0.3, 0.4) is 0 Å². The van der Waals surface area contributed by atoms with Gasteiger partial charge >= 0.3 is 0 Å². The molecule has 15 heavy (non-hydrogen) atoms. The molecule has 0 aromatic heterocycles. The van der Waals surface area contributed by atoms with Crippen LogP contribution in [0.15, 0.2) is 0 Å². The van der Waals surface area contributed by atoms with E-state index < -0.39 is 0 Å². The van der Waals surface area contributed by atoms with Gasteiger partial charge in [0.05, 0.1) is 0 Å². The number of nitrogens with one attached hydrogen (secondary N) is 1. The van der Waals surface area contributed by atoms with Gasteiger partial charge in [0.1, 0.15) is 0 Å². The second-order valence-corrected chi connectivity index (χ2v) is 6.56. The van der Waals surface area contributed by atoms with Crippen molar-refractivity contribution in [3.05, 3.63) is 0 Å². The summed E-state index contributed by atoms with van der Waals surface area (Å²) in [6.45, 7) is 8.46. The Morgan fingerprint density at radius 3 is 2.40 bits per heavy atom. The van der Waals surface area contributed by atoms with Crippen LogP contribution >= 0.6 is 0 Å². The van der Waals surface area contributed by atoms with Crippen molar-refractivity contribution in [2.75, 3.05) is 6.54 Å². The maximum Gasteiger partial charge on any atom is 0.0118 e. The minimum atomic E-state index is 0.544. The zero-order valence-electron chi connectivity index (χ0n) is 10.7. The van der Waals surface area contributed by atoms with Crippen molar-refractivity contribution in [2.45, 2.75) is 71.8 Å². The predicted molar refractivity (Wildman–Crippen MR) is 66.0 cm³/mol. The molecule has 2 aliphatic rings. The Kier molecular flexibility index (Phi) is 3.12. The lowest BCUT2D eigenvalue weighted by Crippen LogP contribution is -2.40. The minimum Gasteiger partial charge on any atom is -0.313 e. The topological polar surface area (TPSA) is 12.0 Å². The molecule has 0 aromatic carbocycles. The summed E-state index contributed by atoms with van der Waals surface area (Å²) in [7, 11) is 0. The molecule has 0 saturated heterocycles. The van der Waals surface area contributed by atoms with E-state index in [9.17, 15) is 0 Å². The first-order valence-corrected chi connectivity index (χ1v) is 6.81. The van der Waals surface area contributed by atoms with Gasteiger partial charge in [-0.25, -0.2) is 0 Å². The van der Waals surface area contributed by atoms with Crippen LogP contribution in [0.5, 0.6) is 0 Å². The van der Waals surface area contributed by atoms with Crippen molar-refractivity contribution >= 4 is 0 Å². The highest BCUT2D eigenvalue weighted by atomic mass is 15.0. The highest BCUT2D eigenvalue weighted by Crippen LogP contribution is 2.49. The van der Waals surface area contributed by atoms with E-state index >= 15 is 0 Å². The molecular formula is C14H27N. The molecule has 2 saturated carbocycles. The molecule has 0 amide bonds. The van der Waals surface area contributed by atoms with Gasteiger partial charge in [-0.3, -0.25) is 0 Å². The maximum atomic E-state index is 3.86. The first-order valence-electron chi connectivity index (χ1n) is 6.81. The quantitative estimate of drug-likeness (QED) is 0.727. The molecule has 0 heterocycles. The lowest BCUT2D eigenvalue weighted by Gasteiger charge is -2.30. The molecule has 1 N–H and O–H groups in total. The molecular weight excluding hydrogens is 182 g/mol. The fourth-order valence-corrected chi connectivity index (χ4v) is 3.27. The fourth-order valence-electron chi connectivity index (χ4n) is 3.27. The summed E-state index contributed by atoms with van der Waals surface area (Å²) in [6.07, 6.45) is 9.97. The Hall–Kier alpha value is -0.0400. The van der Waals surface area contributed by atoms with Crippen molar-refractivity contribution < 1.29 is 0 Å². The molecule has 2 rings (SSSR count). The van der Waals surface area contributed by atoms with Gasteiger partial charge < -0.3 is 5.32 Å². The van der Waals surface area contributed by atoms with Crippen LogP contribution < -0.4 is 5.32 Å². The monoisotopic (exact) mass is 209 g/mol. The number of rotatable bonds is 5. The van der Waals surface area contributed by atoms with Crippen LogP contribution in [0.2, 0.25) is 0 Å². The number of hydrogen-bond acceptors (Lipinski definition) is 1. The SMILES string of the molecule is CCCC1(CNC2CCCC2(C)C)CC1. The van der Waals surface area contributed by atoms with Gasteiger partial charge in [0.25, 0.3) is 0 Å². The van der Waals surface area contributed by atoms with Gasteiger partial charge in [-0.1, -0.05) is 33.6 Å². The molecule has 0 aliphatic heterocycles. The Balaban J connectivity index is 1.78. The smallest absolute Gasteiger partial charge is 0.0118 e. The van der Waals surface area contributed by atoms with E-state index in [1.54, 1.807) is 0 Å².